The molecule has 1 unspecified atom stereocenters. The van der Waals surface area contributed by atoms with E-state index in [1.54, 1.807) is 11.9 Å². The van der Waals surface area contributed by atoms with Gasteiger partial charge in [-0.05, 0) is 38.8 Å². The molecule has 122 valence electrons. The Balaban J connectivity index is 1.90. The lowest BCUT2D eigenvalue weighted by Gasteiger charge is -2.31. The third kappa shape index (κ3) is 2.81. The Morgan fingerprint density at radius 2 is 2.09 bits per heavy atom. The number of para-hydroxylation sites is 2. The van der Waals surface area contributed by atoms with Crippen molar-refractivity contribution in [2.75, 3.05) is 12.4 Å². The van der Waals surface area contributed by atoms with E-state index in [0.29, 0.717) is 18.8 Å². The van der Waals surface area contributed by atoms with Gasteiger partial charge in [-0.1, -0.05) is 12.1 Å². The maximum atomic E-state index is 12.6. The molecule has 1 aromatic carbocycles. The van der Waals surface area contributed by atoms with Crippen LogP contribution in [0.5, 0.6) is 0 Å². The number of anilines is 1. The minimum absolute atomic E-state index is 0.0220. The van der Waals surface area contributed by atoms with Gasteiger partial charge in [-0.25, -0.2) is 4.98 Å². The molecule has 0 aliphatic carbocycles. The van der Waals surface area contributed by atoms with Crippen LogP contribution in [0.4, 0.5) is 5.95 Å². The second kappa shape index (κ2) is 6.02. The van der Waals surface area contributed by atoms with Crippen molar-refractivity contribution >= 4 is 28.8 Å². The number of likely N-dealkylation sites (tertiary alicyclic amines) is 1. The number of imidazole rings is 1. The minimum atomic E-state index is -0.420. The van der Waals surface area contributed by atoms with E-state index in [2.05, 4.69) is 24.1 Å². The Bertz CT molecular complexity index is 750. The van der Waals surface area contributed by atoms with E-state index in [4.69, 9.17) is 0 Å². The van der Waals surface area contributed by atoms with Crippen LogP contribution in [0.25, 0.3) is 11.0 Å². The highest BCUT2D eigenvalue weighted by molar-refractivity contribution is 5.97. The van der Waals surface area contributed by atoms with Gasteiger partial charge in [0.05, 0.1) is 11.0 Å². The summed E-state index contributed by atoms with van der Waals surface area (Å²) < 4.78 is 2.01. The van der Waals surface area contributed by atoms with E-state index in [1.807, 2.05) is 28.8 Å². The van der Waals surface area contributed by atoms with Gasteiger partial charge < -0.3 is 9.47 Å². The first kappa shape index (κ1) is 15.5. The quantitative estimate of drug-likeness (QED) is 0.947. The Morgan fingerprint density at radius 1 is 1.35 bits per heavy atom. The minimum Gasteiger partial charge on any atom is -0.334 e. The number of aromatic nitrogens is 2. The topological polar surface area (TPSA) is 67.2 Å². The molecule has 0 spiro atoms. The van der Waals surface area contributed by atoms with Crippen molar-refractivity contribution in [1.82, 2.24) is 14.5 Å². The number of piperidine rings is 1. The number of carbonyl (C=O) groups is 2. The van der Waals surface area contributed by atoms with E-state index in [-0.39, 0.29) is 17.9 Å². The molecular weight excluding hydrogens is 292 g/mol. The number of carbonyl (C=O) groups excluding carboxylic acids is 2. The van der Waals surface area contributed by atoms with Crippen LogP contribution >= 0.6 is 0 Å². The Morgan fingerprint density at radius 3 is 2.83 bits per heavy atom. The summed E-state index contributed by atoms with van der Waals surface area (Å²) in [5.41, 5.74) is 1.84. The molecule has 1 fully saturated rings. The summed E-state index contributed by atoms with van der Waals surface area (Å²) in [7, 11) is 1.69. The number of amides is 2. The number of nitrogens with one attached hydrogen (secondary N) is 1. The summed E-state index contributed by atoms with van der Waals surface area (Å²) in [6, 6.07) is 7.57. The summed E-state index contributed by atoms with van der Waals surface area (Å²) in [4.78, 5) is 30.5. The largest absolute Gasteiger partial charge is 0.334 e. The number of rotatable bonds is 3. The van der Waals surface area contributed by atoms with E-state index in [0.717, 1.165) is 17.5 Å². The van der Waals surface area contributed by atoms with Crippen LogP contribution in [0.15, 0.2) is 24.3 Å². The van der Waals surface area contributed by atoms with Crippen molar-refractivity contribution in [1.29, 1.82) is 0 Å². The zero-order chi connectivity index (χ0) is 16.6. The first-order valence-electron chi connectivity index (χ1n) is 8.02. The van der Waals surface area contributed by atoms with Gasteiger partial charge in [0.25, 0.3) is 0 Å². The lowest BCUT2D eigenvalue weighted by Crippen LogP contribution is -2.47. The molecule has 1 saturated heterocycles. The number of benzene rings is 1. The van der Waals surface area contributed by atoms with Gasteiger partial charge in [0, 0.05) is 19.5 Å². The van der Waals surface area contributed by atoms with E-state index >= 15 is 0 Å². The van der Waals surface area contributed by atoms with E-state index in [1.165, 1.54) is 0 Å². The number of hydrogen-bond donors (Lipinski definition) is 1. The van der Waals surface area contributed by atoms with Gasteiger partial charge in [0.15, 0.2) is 0 Å². The fourth-order valence-electron chi connectivity index (χ4n) is 3.15. The number of nitrogens with zero attached hydrogens (tertiary/aromatic N) is 3. The van der Waals surface area contributed by atoms with Crippen LogP contribution in [0.1, 0.15) is 39.2 Å². The highest BCUT2D eigenvalue weighted by Crippen LogP contribution is 2.25. The van der Waals surface area contributed by atoms with Crippen molar-refractivity contribution in [3.63, 3.8) is 0 Å². The van der Waals surface area contributed by atoms with E-state index in [9.17, 15) is 9.59 Å². The first-order valence-corrected chi connectivity index (χ1v) is 8.02. The number of likely N-dealkylation sites (N-methyl/N-ethyl adjacent to an activating group) is 1. The Kier molecular flexibility index (Phi) is 4.07. The van der Waals surface area contributed by atoms with Gasteiger partial charge >= 0.3 is 0 Å². The zero-order valence-corrected chi connectivity index (χ0v) is 13.7. The third-order valence-corrected chi connectivity index (χ3v) is 4.38. The highest BCUT2D eigenvalue weighted by Gasteiger charge is 2.31. The second-order valence-corrected chi connectivity index (χ2v) is 6.29. The second-order valence-electron chi connectivity index (χ2n) is 6.29. The molecule has 1 N–H and O–H groups in total. The van der Waals surface area contributed by atoms with Crippen molar-refractivity contribution < 1.29 is 9.59 Å². The molecule has 0 saturated carbocycles. The normalized spacial score (nSPS) is 18.7. The summed E-state index contributed by atoms with van der Waals surface area (Å²) in [5, 5.41) is 2.92. The van der Waals surface area contributed by atoms with Gasteiger partial charge in [-0.15, -0.1) is 0 Å². The highest BCUT2D eigenvalue weighted by atomic mass is 16.2. The molecule has 0 radical (unpaired) electrons. The van der Waals surface area contributed by atoms with Gasteiger partial charge in [-0.3, -0.25) is 14.9 Å². The van der Waals surface area contributed by atoms with Gasteiger partial charge in [0.2, 0.25) is 17.8 Å². The van der Waals surface area contributed by atoms with Crippen LogP contribution in [0.3, 0.4) is 0 Å². The molecule has 2 aromatic rings. The number of fused-ring (bicyclic) bond motifs is 1. The van der Waals surface area contributed by atoms with Crippen LogP contribution in [0.2, 0.25) is 0 Å². The Hall–Kier alpha value is -2.37. The van der Waals surface area contributed by atoms with Crippen LogP contribution in [-0.2, 0) is 9.59 Å². The summed E-state index contributed by atoms with van der Waals surface area (Å²) in [6.07, 6.45) is 1.96. The molecule has 1 aliphatic rings. The molecular formula is C17H22N4O2. The van der Waals surface area contributed by atoms with Crippen molar-refractivity contribution in [2.24, 2.45) is 0 Å². The first-order chi connectivity index (χ1) is 11.0. The maximum absolute atomic E-state index is 12.6. The van der Waals surface area contributed by atoms with E-state index < -0.39 is 6.04 Å². The van der Waals surface area contributed by atoms with Gasteiger partial charge in [-0.2, -0.15) is 0 Å². The van der Waals surface area contributed by atoms with Crippen molar-refractivity contribution in [3.8, 4) is 0 Å². The SMILES string of the molecule is CC(C)n1c(NC(=O)C2CCCC(=O)N2C)nc2ccccc21. The summed E-state index contributed by atoms with van der Waals surface area (Å²) >= 11 is 0. The predicted octanol–water partition coefficient (Wildman–Crippen LogP) is 2.57. The molecule has 6 nitrogen and oxygen atoms in total. The molecule has 2 heterocycles. The molecule has 23 heavy (non-hydrogen) atoms. The molecule has 2 amide bonds. The average molecular weight is 314 g/mol. The maximum Gasteiger partial charge on any atom is 0.249 e. The fraction of sp³-hybridized carbons (Fsp3) is 0.471. The zero-order valence-electron chi connectivity index (χ0n) is 13.7. The standard InChI is InChI=1S/C17H22N4O2/c1-11(2)21-13-8-5-4-7-12(13)18-17(21)19-16(23)14-9-6-10-15(22)20(14)3/h4-5,7-8,11,14H,6,9-10H2,1-3H3,(H,18,19,23). The molecule has 1 aromatic heterocycles. The lowest BCUT2D eigenvalue weighted by molar-refractivity contribution is -0.140. The molecule has 6 heteroatoms. The smallest absolute Gasteiger partial charge is 0.249 e. The van der Waals surface area contributed by atoms with Crippen LogP contribution < -0.4 is 5.32 Å². The summed E-state index contributed by atoms with van der Waals surface area (Å²) in [5.74, 6) is 0.393. The average Bonchev–Trinajstić information content (AvgIpc) is 2.87. The molecule has 1 aliphatic heterocycles. The van der Waals surface area contributed by atoms with Crippen molar-refractivity contribution in [2.45, 2.75) is 45.2 Å². The van der Waals surface area contributed by atoms with Crippen molar-refractivity contribution in [3.05, 3.63) is 24.3 Å². The third-order valence-electron chi connectivity index (χ3n) is 4.38. The van der Waals surface area contributed by atoms with Crippen LogP contribution in [0, 0.1) is 0 Å². The molecule has 1 atom stereocenters. The van der Waals surface area contributed by atoms with Gasteiger partial charge in [0.1, 0.15) is 6.04 Å². The monoisotopic (exact) mass is 314 g/mol. The predicted molar refractivity (Wildman–Crippen MR) is 89.2 cm³/mol. The van der Waals surface area contributed by atoms with Crippen LogP contribution in [-0.4, -0.2) is 39.4 Å². The summed E-state index contributed by atoms with van der Waals surface area (Å²) in [6.45, 7) is 4.11. The Labute approximate surface area is 135 Å². The molecule has 0 bridgehead atoms. The number of hydrogen-bond acceptors (Lipinski definition) is 3. The lowest BCUT2D eigenvalue weighted by atomic mass is 10.0. The fourth-order valence-corrected chi connectivity index (χ4v) is 3.15. The molecule has 3 rings (SSSR count).